The van der Waals surface area contributed by atoms with Crippen LogP contribution in [0.15, 0.2) is 49.2 Å². The molecule has 0 bridgehead atoms. The first-order valence-corrected chi connectivity index (χ1v) is 10.6. The van der Waals surface area contributed by atoms with Crippen LogP contribution in [0.5, 0.6) is 5.75 Å². The SMILES string of the molecule is CCONC(=O)c1cnc(Cl)cc1Nc1cccc(-c2ncc(-c3ncn(C)n3)cn2)c1OC. The Bertz CT molecular complexity index is 1310. The highest BCUT2D eigenvalue weighted by atomic mass is 35.5. The van der Waals surface area contributed by atoms with Gasteiger partial charge in [0.05, 0.1) is 41.8 Å². The number of aromatic nitrogens is 6. The second-order valence-corrected chi connectivity index (χ2v) is 7.35. The number of rotatable bonds is 8. The molecule has 3 heterocycles. The van der Waals surface area contributed by atoms with Crippen molar-refractivity contribution in [2.24, 2.45) is 7.05 Å². The van der Waals surface area contributed by atoms with Gasteiger partial charge in [0.1, 0.15) is 11.5 Å². The van der Waals surface area contributed by atoms with Crippen LogP contribution in [0.1, 0.15) is 17.3 Å². The lowest BCUT2D eigenvalue weighted by molar-refractivity contribution is 0.0365. The molecule has 0 atom stereocenters. The predicted octanol–water partition coefficient (Wildman–Crippen LogP) is 3.42. The van der Waals surface area contributed by atoms with E-state index in [-0.39, 0.29) is 10.7 Å². The fourth-order valence-electron chi connectivity index (χ4n) is 3.14. The van der Waals surface area contributed by atoms with Gasteiger partial charge in [-0.3, -0.25) is 14.3 Å². The van der Waals surface area contributed by atoms with Crippen LogP contribution < -0.4 is 15.5 Å². The third kappa shape index (κ3) is 4.95. The Hall–Kier alpha value is -4.09. The first-order valence-electron chi connectivity index (χ1n) is 10.2. The van der Waals surface area contributed by atoms with Crippen molar-refractivity contribution in [1.82, 2.24) is 35.2 Å². The predicted molar refractivity (Wildman–Crippen MR) is 126 cm³/mol. The Labute approximate surface area is 200 Å². The van der Waals surface area contributed by atoms with E-state index in [1.165, 1.54) is 6.20 Å². The zero-order valence-electron chi connectivity index (χ0n) is 18.6. The van der Waals surface area contributed by atoms with E-state index >= 15 is 0 Å². The third-order valence-electron chi connectivity index (χ3n) is 4.66. The summed E-state index contributed by atoms with van der Waals surface area (Å²) in [5, 5.41) is 7.67. The number of ether oxygens (including phenoxy) is 1. The van der Waals surface area contributed by atoms with E-state index in [9.17, 15) is 4.79 Å². The van der Waals surface area contributed by atoms with Gasteiger partial charge in [-0.15, -0.1) is 0 Å². The minimum atomic E-state index is -0.467. The number of benzene rings is 1. The maximum Gasteiger partial charge on any atom is 0.278 e. The summed E-state index contributed by atoms with van der Waals surface area (Å²) >= 11 is 6.08. The van der Waals surface area contributed by atoms with Crippen LogP contribution in [-0.4, -0.2) is 49.3 Å². The number of anilines is 2. The molecule has 1 amide bonds. The van der Waals surface area contributed by atoms with Gasteiger partial charge in [0.25, 0.3) is 5.91 Å². The van der Waals surface area contributed by atoms with E-state index in [2.05, 4.69) is 35.8 Å². The number of halogens is 1. The number of hydrogen-bond acceptors (Lipinski definition) is 9. The van der Waals surface area contributed by atoms with E-state index in [1.807, 2.05) is 12.1 Å². The van der Waals surface area contributed by atoms with Crippen LogP contribution >= 0.6 is 11.6 Å². The minimum Gasteiger partial charge on any atom is -0.494 e. The van der Waals surface area contributed by atoms with Gasteiger partial charge >= 0.3 is 0 Å². The van der Waals surface area contributed by atoms with Gasteiger partial charge in [0, 0.05) is 25.6 Å². The average Bonchev–Trinajstić information content (AvgIpc) is 3.29. The van der Waals surface area contributed by atoms with Gasteiger partial charge in [0.2, 0.25) is 0 Å². The molecule has 34 heavy (non-hydrogen) atoms. The van der Waals surface area contributed by atoms with Crippen LogP contribution in [0.3, 0.4) is 0 Å². The number of nitrogens with zero attached hydrogens (tertiary/aromatic N) is 6. The van der Waals surface area contributed by atoms with Crippen molar-refractivity contribution >= 4 is 28.9 Å². The van der Waals surface area contributed by atoms with Crippen molar-refractivity contribution in [2.45, 2.75) is 6.92 Å². The first-order chi connectivity index (χ1) is 16.5. The molecule has 0 fully saturated rings. The summed E-state index contributed by atoms with van der Waals surface area (Å²) in [5.41, 5.74) is 4.93. The third-order valence-corrected chi connectivity index (χ3v) is 4.87. The lowest BCUT2D eigenvalue weighted by Gasteiger charge is -2.16. The van der Waals surface area contributed by atoms with E-state index in [0.29, 0.717) is 46.5 Å². The maximum absolute atomic E-state index is 12.5. The lowest BCUT2D eigenvalue weighted by atomic mass is 10.1. The van der Waals surface area contributed by atoms with Crippen LogP contribution in [0, 0.1) is 0 Å². The number of hydroxylamine groups is 1. The van der Waals surface area contributed by atoms with Crippen LogP contribution in [0.2, 0.25) is 5.15 Å². The van der Waals surface area contributed by atoms with Crippen molar-refractivity contribution in [3.63, 3.8) is 0 Å². The van der Waals surface area contributed by atoms with Crippen molar-refractivity contribution in [1.29, 1.82) is 0 Å². The van der Waals surface area contributed by atoms with E-state index in [0.717, 1.165) is 0 Å². The van der Waals surface area contributed by atoms with Gasteiger partial charge in [-0.05, 0) is 25.1 Å². The van der Waals surface area contributed by atoms with E-state index in [1.54, 1.807) is 56.6 Å². The number of aryl methyl sites for hydroxylation is 1. The monoisotopic (exact) mass is 480 g/mol. The first kappa shape index (κ1) is 23.1. The topological polar surface area (TPSA) is 129 Å². The van der Waals surface area contributed by atoms with Crippen molar-refractivity contribution in [3.05, 3.63) is 59.9 Å². The summed E-state index contributed by atoms with van der Waals surface area (Å²) < 4.78 is 7.28. The van der Waals surface area contributed by atoms with E-state index in [4.69, 9.17) is 21.2 Å². The number of carbonyl (C=O) groups excluding carboxylic acids is 1. The molecule has 1 aromatic carbocycles. The van der Waals surface area contributed by atoms with Gasteiger partial charge in [0.15, 0.2) is 17.4 Å². The molecule has 0 saturated heterocycles. The molecule has 174 valence electrons. The minimum absolute atomic E-state index is 0.215. The Morgan fingerprint density at radius 1 is 1.09 bits per heavy atom. The molecule has 0 unspecified atom stereocenters. The number of amides is 1. The number of methoxy groups -OCH3 is 1. The van der Waals surface area contributed by atoms with Crippen LogP contribution in [-0.2, 0) is 11.9 Å². The Morgan fingerprint density at radius 3 is 2.56 bits per heavy atom. The van der Waals surface area contributed by atoms with Gasteiger partial charge in [-0.2, -0.15) is 5.10 Å². The normalized spacial score (nSPS) is 10.7. The molecule has 0 aliphatic rings. The zero-order chi connectivity index (χ0) is 24.1. The molecule has 4 aromatic rings. The summed E-state index contributed by atoms with van der Waals surface area (Å²) in [5.74, 6) is 0.993. The molecule has 12 heteroatoms. The molecule has 0 aliphatic heterocycles. The summed E-state index contributed by atoms with van der Waals surface area (Å²) in [6.07, 6.45) is 6.27. The number of pyridine rings is 1. The highest BCUT2D eigenvalue weighted by Crippen LogP contribution is 2.37. The number of nitrogens with one attached hydrogen (secondary N) is 2. The molecule has 0 aliphatic carbocycles. The van der Waals surface area contributed by atoms with Crippen LogP contribution in [0.4, 0.5) is 11.4 Å². The zero-order valence-corrected chi connectivity index (χ0v) is 19.4. The van der Waals surface area contributed by atoms with Crippen molar-refractivity contribution < 1.29 is 14.4 Å². The molecule has 3 aromatic heterocycles. The highest BCUT2D eigenvalue weighted by Gasteiger charge is 2.18. The Morgan fingerprint density at radius 2 is 1.88 bits per heavy atom. The molecular formula is C22H21ClN8O3. The molecular weight excluding hydrogens is 460 g/mol. The van der Waals surface area contributed by atoms with Crippen molar-refractivity contribution in [3.8, 4) is 28.5 Å². The molecule has 0 spiro atoms. The lowest BCUT2D eigenvalue weighted by Crippen LogP contribution is -2.24. The summed E-state index contributed by atoms with van der Waals surface area (Å²) in [7, 11) is 3.33. The number of hydrogen-bond donors (Lipinski definition) is 2. The maximum atomic E-state index is 12.5. The largest absolute Gasteiger partial charge is 0.494 e. The number of carbonyl (C=O) groups is 1. The van der Waals surface area contributed by atoms with Gasteiger partial charge < -0.3 is 10.1 Å². The second kappa shape index (κ2) is 10.2. The molecule has 2 N–H and O–H groups in total. The standard InChI is InChI=1S/C22H21ClN8O3/c1-4-34-30-22(32)15-11-24-18(23)8-17(15)28-16-7-5-6-14(19(16)33-3)21-25-9-13(10-26-21)20-27-12-31(2)29-20/h5-12H,4H2,1-3H3,(H,24,28)(H,30,32). The molecule has 4 rings (SSSR count). The summed E-state index contributed by atoms with van der Waals surface area (Å²) in [4.78, 5) is 34.6. The summed E-state index contributed by atoms with van der Waals surface area (Å²) in [6.45, 7) is 2.08. The quantitative estimate of drug-likeness (QED) is 0.288. The fourth-order valence-corrected chi connectivity index (χ4v) is 3.30. The molecule has 11 nitrogen and oxygen atoms in total. The average molecular weight is 481 g/mol. The Kier molecular flexibility index (Phi) is 6.95. The van der Waals surface area contributed by atoms with Crippen LogP contribution in [0.25, 0.3) is 22.8 Å². The molecule has 0 radical (unpaired) electrons. The fraction of sp³-hybridized carbons (Fsp3) is 0.182. The van der Waals surface area contributed by atoms with E-state index < -0.39 is 5.91 Å². The second-order valence-electron chi connectivity index (χ2n) is 6.97. The Balaban J connectivity index is 1.67. The summed E-state index contributed by atoms with van der Waals surface area (Å²) in [6, 6.07) is 6.99. The van der Waals surface area contributed by atoms with Gasteiger partial charge in [-0.1, -0.05) is 17.7 Å². The smallest absolute Gasteiger partial charge is 0.278 e. The van der Waals surface area contributed by atoms with Gasteiger partial charge in [-0.25, -0.2) is 25.4 Å². The highest BCUT2D eigenvalue weighted by molar-refractivity contribution is 6.29. The molecule has 0 saturated carbocycles. The number of para-hydroxylation sites is 1. The van der Waals surface area contributed by atoms with Crippen molar-refractivity contribution in [2.75, 3.05) is 19.0 Å².